The third kappa shape index (κ3) is 7.21. The van der Waals surface area contributed by atoms with Crippen molar-refractivity contribution in [3.63, 3.8) is 0 Å². The van der Waals surface area contributed by atoms with E-state index in [4.69, 9.17) is 0 Å². The van der Waals surface area contributed by atoms with E-state index in [1.807, 2.05) is 0 Å². The first-order valence-corrected chi connectivity index (χ1v) is 23.5. The van der Waals surface area contributed by atoms with Crippen molar-refractivity contribution < 1.29 is 0 Å². The smallest absolute Gasteiger partial charge is 0.00928 e. The van der Waals surface area contributed by atoms with E-state index < -0.39 is 0 Å². The quantitative estimate of drug-likeness (QED) is 0.140. The van der Waals surface area contributed by atoms with Crippen LogP contribution < -0.4 is 0 Å². The monoisotopic (exact) mass is 860 g/mol. The van der Waals surface area contributed by atoms with Crippen LogP contribution in [0.15, 0.2) is 267 Å². The second kappa shape index (κ2) is 16.5. The number of rotatable bonds is 7. The topological polar surface area (TPSA) is 0 Å². The molecule has 0 radical (unpaired) electrons. The first kappa shape index (κ1) is 39.5. The Morgan fingerprint density at radius 2 is 0.368 bits per heavy atom. The molecular weight excluding hydrogens is 817 g/mol. The van der Waals surface area contributed by atoms with Crippen molar-refractivity contribution in [1.82, 2.24) is 0 Å². The number of benzene rings is 13. The van der Waals surface area contributed by atoms with E-state index in [0.29, 0.717) is 0 Å². The minimum absolute atomic E-state index is 1.18. The molecule has 0 N–H and O–H groups in total. The van der Waals surface area contributed by atoms with Gasteiger partial charge in [0.05, 0.1) is 0 Å². The molecule has 0 bridgehead atoms. The highest BCUT2D eigenvalue weighted by molar-refractivity contribution is 6.25. The molecule has 68 heavy (non-hydrogen) atoms. The number of fused-ring (bicyclic) bond motifs is 8. The Balaban J connectivity index is 0.912. The van der Waals surface area contributed by atoms with Gasteiger partial charge < -0.3 is 0 Å². The highest BCUT2D eigenvalue weighted by atomic mass is 14.2. The maximum absolute atomic E-state index is 2.39. The summed E-state index contributed by atoms with van der Waals surface area (Å²) in [6.45, 7) is 0. The molecule has 0 aromatic heterocycles. The molecule has 0 saturated carbocycles. The van der Waals surface area contributed by atoms with Crippen molar-refractivity contribution in [2.45, 2.75) is 0 Å². The van der Waals surface area contributed by atoms with Gasteiger partial charge in [-0.2, -0.15) is 0 Å². The maximum Gasteiger partial charge on any atom is -0.00928 e. The summed E-state index contributed by atoms with van der Waals surface area (Å²) in [7, 11) is 0. The summed E-state index contributed by atoms with van der Waals surface area (Å²) < 4.78 is 0. The van der Waals surface area contributed by atoms with Crippen LogP contribution in [0.1, 0.15) is 0 Å². The molecule has 0 amide bonds. The molecule has 0 nitrogen and oxygen atoms in total. The number of hydrogen-bond donors (Lipinski definition) is 0. The first-order valence-electron chi connectivity index (χ1n) is 23.5. The van der Waals surface area contributed by atoms with Gasteiger partial charge in [0.2, 0.25) is 0 Å². The Kier molecular flexibility index (Phi) is 9.62. The van der Waals surface area contributed by atoms with E-state index in [1.165, 1.54) is 132 Å². The van der Waals surface area contributed by atoms with Gasteiger partial charge in [-0.05, 0) is 192 Å². The highest BCUT2D eigenvalue weighted by Crippen LogP contribution is 2.40. The lowest BCUT2D eigenvalue weighted by atomic mass is 9.90. The lowest BCUT2D eigenvalue weighted by molar-refractivity contribution is 1.55. The summed E-state index contributed by atoms with van der Waals surface area (Å²) in [6.07, 6.45) is 0. The Labute approximate surface area is 396 Å². The first-order chi connectivity index (χ1) is 33.6. The van der Waals surface area contributed by atoms with E-state index in [2.05, 4.69) is 267 Å². The van der Waals surface area contributed by atoms with E-state index in [1.54, 1.807) is 0 Å². The molecule has 0 unspecified atom stereocenters. The molecule has 0 saturated heterocycles. The zero-order valence-electron chi connectivity index (χ0n) is 37.4. The summed E-state index contributed by atoms with van der Waals surface area (Å²) in [4.78, 5) is 0. The maximum atomic E-state index is 2.39. The minimum Gasteiger partial charge on any atom is -0.0616 e. The molecule has 0 aliphatic rings. The Hall–Kier alpha value is -8.84. The van der Waals surface area contributed by atoms with Crippen molar-refractivity contribution in [3.8, 4) is 77.9 Å². The average molecular weight is 861 g/mol. The average Bonchev–Trinajstić information content (AvgIpc) is 3.42. The van der Waals surface area contributed by atoms with E-state index >= 15 is 0 Å². The fourth-order valence-corrected chi connectivity index (χ4v) is 10.5. The second-order valence-corrected chi connectivity index (χ2v) is 18.1. The molecular formula is C68H44. The van der Waals surface area contributed by atoms with Crippen molar-refractivity contribution in [2.24, 2.45) is 0 Å². The van der Waals surface area contributed by atoms with Gasteiger partial charge in [0.25, 0.3) is 0 Å². The molecule has 13 aromatic carbocycles. The standard InChI is InChI=1S/C68H44/c1-3-15-47-35-57(31-29-45(47)13-1)51-19-11-23-55(39-51)61-41-60(42-62(43-61)56-24-12-20-52(40-56)58-32-30-46-14-2-4-16-48(46)36-58)54-22-10-18-50(38-54)49-17-9-21-53(37-49)59-33-34-67-65-27-6-5-25-63(65)64-26-7-8-28-66(64)68(67)44-59/h1-44H. The molecule has 13 rings (SSSR count). The predicted octanol–water partition coefficient (Wildman–Crippen LogP) is 19.1. The zero-order valence-corrected chi connectivity index (χ0v) is 37.4. The normalized spacial score (nSPS) is 11.5. The van der Waals surface area contributed by atoms with Gasteiger partial charge >= 0.3 is 0 Å². The Morgan fingerprint density at radius 1 is 0.118 bits per heavy atom. The summed E-state index contributed by atoms with van der Waals surface area (Å²) in [6, 6.07) is 98.6. The Morgan fingerprint density at radius 3 is 0.750 bits per heavy atom. The largest absolute Gasteiger partial charge is 0.0616 e. The van der Waals surface area contributed by atoms with Crippen molar-refractivity contribution >= 4 is 53.9 Å². The molecule has 13 aromatic rings. The van der Waals surface area contributed by atoms with Crippen LogP contribution in [0, 0.1) is 0 Å². The fraction of sp³-hybridized carbons (Fsp3) is 0. The predicted molar refractivity (Wildman–Crippen MR) is 292 cm³/mol. The van der Waals surface area contributed by atoms with Gasteiger partial charge in [-0.25, -0.2) is 0 Å². The second-order valence-electron chi connectivity index (χ2n) is 18.1. The Bertz CT molecular complexity index is 3920. The summed E-state index contributed by atoms with van der Waals surface area (Å²) in [5.41, 5.74) is 16.7. The highest BCUT2D eigenvalue weighted by Gasteiger charge is 2.14. The third-order valence-corrected chi connectivity index (χ3v) is 14.0. The van der Waals surface area contributed by atoms with Crippen LogP contribution in [0.2, 0.25) is 0 Å². The third-order valence-electron chi connectivity index (χ3n) is 14.0. The molecule has 316 valence electrons. The molecule has 0 heteroatoms. The van der Waals surface area contributed by atoms with Gasteiger partial charge in [0.1, 0.15) is 0 Å². The van der Waals surface area contributed by atoms with Gasteiger partial charge in [0.15, 0.2) is 0 Å². The van der Waals surface area contributed by atoms with E-state index in [0.717, 1.165) is 0 Å². The van der Waals surface area contributed by atoms with Gasteiger partial charge in [-0.15, -0.1) is 0 Å². The van der Waals surface area contributed by atoms with Crippen LogP contribution in [0.3, 0.4) is 0 Å². The number of hydrogen-bond acceptors (Lipinski definition) is 0. The van der Waals surface area contributed by atoms with E-state index in [-0.39, 0.29) is 0 Å². The van der Waals surface area contributed by atoms with Crippen LogP contribution in [-0.4, -0.2) is 0 Å². The molecule has 0 aliphatic carbocycles. The summed E-state index contributed by atoms with van der Waals surface area (Å²) >= 11 is 0. The van der Waals surface area contributed by atoms with Crippen LogP contribution >= 0.6 is 0 Å². The van der Waals surface area contributed by atoms with Crippen LogP contribution in [0.4, 0.5) is 0 Å². The molecule has 0 fully saturated rings. The lowest BCUT2D eigenvalue weighted by Crippen LogP contribution is -1.89. The fourth-order valence-electron chi connectivity index (χ4n) is 10.5. The SMILES string of the molecule is c1cc(-c2cccc(-c3ccc4c5ccccc5c5ccccc5c4c3)c2)cc(-c2cc(-c3cccc(-c4ccc5ccccc5c4)c3)cc(-c3cccc(-c4ccc5ccccc5c4)c3)c2)c1. The molecule has 0 spiro atoms. The van der Waals surface area contributed by atoms with Crippen LogP contribution in [-0.2, 0) is 0 Å². The van der Waals surface area contributed by atoms with Crippen molar-refractivity contribution in [2.75, 3.05) is 0 Å². The zero-order chi connectivity index (χ0) is 45.0. The van der Waals surface area contributed by atoms with Gasteiger partial charge in [-0.1, -0.05) is 206 Å². The lowest BCUT2D eigenvalue weighted by Gasteiger charge is -2.15. The van der Waals surface area contributed by atoms with Crippen LogP contribution in [0.5, 0.6) is 0 Å². The minimum atomic E-state index is 1.18. The summed E-state index contributed by atoms with van der Waals surface area (Å²) in [5.74, 6) is 0. The molecule has 0 atom stereocenters. The van der Waals surface area contributed by atoms with Gasteiger partial charge in [-0.3, -0.25) is 0 Å². The van der Waals surface area contributed by atoms with E-state index in [9.17, 15) is 0 Å². The molecule has 0 heterocycles. The van der Waals surface area contributed by atoms with Crippen molar-refractivity contribution in [3.05, 3.63) is 267 Å². The van der Waals surface area contributed by atoms with Crippen molar-refractivity contribution in [1.29, 1.82) is 0 Å². The summed E-state index contributed by atoms with van der Waals surface area (Å²) in [5, 5.41) is 12.7. The molecule has 0 aliphatic heterocycles. The van der Waals surface area contributed by atoms with Gasteiger partial charge in [0, 0.05) is 0 Å². The van der Waals surface area contributed by atoms with Crippen LogP contribution in [0.25, 0.3) is 132 Å².